The molecule has 0 aliphatic heterocycles. The van der Waals surface area contributed by atoms with E-state index in [2.05, 4.69) is 5.32 Å². The molecule has 0 saturated carbocycles. The summed E-state index contributed by atoms with van der Waals surface area (Å²) in [5, 5.41) is 14.3. The van der Waals surface area contributed by atoms with Crippen molar-refractivity contribution in [3.63, 3.8) is 0 Å². The third-order valence-electron chi connectivity index (χ3n) is 3.54. The fourth-order valence-electron chi connectivity index (χ4n) is 2.29. The topological polar surface area (TPSA) is 49.3 Å². The van der Waals surface area contributed by atoms with Crippen molar-refractivity contribution >= 4 is 34.1 Å². The van der Waals surface area contributed by atoms with Crippen molar-refractivity contribution in [3.05, 3.63) is 66.7 Å². The van der Waals surface area contributed by atoms with E-state index < -0.39 is 0 Å². The quantitative estimate of drug-likeness (QED) is 0.686. The van der Waals surface area contributed by atoms with Crippen molar-refractivity contribution in [2.75, 3.05) is 5.32 Å². The van der Waals surface area contributed by atoms with Crippen molar-refractivity contribution in [2.24, 2.45) is 0 Å². The van der Waals surface area contributed by atoms with Crippen LogP contribution >= 0.6 is 11.8 Å². The van der Waals surface area contributed by atoms with E-state index >= 15 is 0 Å². The molecule has 0 aromatic heterocycles. The number of carbonyl (C=O) groups is 1. The summed E-state index contributed by atoms with van der Waals surface area (Å²) in [5.74, 6) is 0.181. The van der Waals surface area contributed by atoms with Gasteiger partial charge in [-0.15, -0.1) is 11.8 Å². The largest absolute Gasteiger partial charge is 0.508 e. The molecular weight excluding hydrogens is 306 g/mol. The SMILES string of the molecule is CC(Sc1ccc(O)cc1)C(=O)Nc1ccc2ccccc2c1. The zero-order valence-corrected chi connectivity index (χ0v) is 13.5. The smallest absolute Gasteiger partial charge is 0.237 e. The summed E-state index contributed by atoms with van der Waals surface area (Å²) in [7, 11) is 0. The fourth-order valence-corrected chi connectivity index (χ4v) is 3.16. The first kappa shape index (κ1) is 15.4. The van der Waals surface area contributed by atoms with Gasteiger partial charge in [0, 0.05) is 10.6 Å². The third kappa shape index (κ3) is 3.85. The number of fused-ring (bicyclic) bond motifs is 1. The van der Waals surface area contributed by atoms with E-state index in [1.807, 2.05) is 49.4 Å². The van der Waals surface area contributed by atoms with E-state index in [0.717, 1.165) is 21.4 Å². The highest BCUT2D eigenvalue weighted by atomic mass is 32.2. The van der Waals surface area contributed by atoms with E-state index in [0.29, 0.717) is 0 Å². The lowest BCUT2D eigenvalue weighted by Crippen LogP contribution is -2.22. The number of aromatic hydroxyl groups is 1. The van der Waals surface area contributed by atoms with Crippen molar-refractivity contribution in [1.82, 2.24) is 0 Å². The maximum Gasteiger partial charge on any atom is 0.237 e. The molecule has 116 valence electrons. The van der Waals surface area contributed by atoms with E-state index in [9.17, 15) is 9.90 Å². The number of thioether (sulfide) groups is 1. The molecule has 0 heterocycles. The van der Waals surface area contributed by atoms with E-state index in [-0.39, 0.29) is 16.9 Å². The van der Waals surface area contributed by atoms with Crippen LogP contribution in [0.25, 0.3) is 10.8 Å². The number of phenols is 1. The van der Waals surface area contributed by atoms with E-state index in [1.54, 1.807) is 24.3 Å². The van der Waals surface area contributed by atoms with Gasteiger partial charge in [0.2, 0.25) is 5.91 Å². The second-order valence-corrected chi connectivity index (χ2v) is 6.72. The van der Waals surface area contributed by atoms with Crippen molar-refractivity contribution < 1.29 is 9.90 Å². The summed E-state index contributed by atoms with van der Waals surface area (Å²) in [6.45, 7) is 1.87. The highest BCUT2D eigenvalue weighted by molar-refractivity contribution is 8.00. The van der Waals surface area contributed by atoms with Crippen LogP contribution in [-0.2, 0) is 4.79 Å². The summed E-state index contributed by atoms with van der Waals surface area (Å²) >= 11 is 1.46. The Kier molecular flexibility index (Phi) is 4.53. The number of rotatable bonds is 4. The van der Waals surface area contributed by atoms with Crippen molar-refractivity contribution in [3.8, 4) is 5.75 Å². The normalized spacial score (nSPS) is 12.0. The third-order valence-corrected chi connectivity index (χ3v) is 4.65. The molecule has 1 amide bonds. The molecule has 0 aliphatic rings. The van der Waals surface area contributed by atoms with Crippen LogP contribution in [0.3, 0.4) is 0 Å². The van der Waals surface area contributed by atoms with Crippen LogP contribution in [0.5, 0.6) is 5.75 Å². The number of anilines is 1. The highest BCUT2D eigenvalue weighted by Crippen LogP contribution is 2.26. The van der Waals surface area contributed by atoms with Crippen LogP contribution < -0.4 is 5.32 Å². The molecule has 3 aromatic carbocycles. The zero-order valence-electron chi connectivity index (χ0n) is 12.7. The van der Waals surface area contributed by atoms with Gasteiger partial charge in [0.1, 0.15) is 5.75 Å². The van der Waals surface area contributed by atoms with Crippen LogP contribution in [0.15, 0.2) is 71.6 Å². The number of carbonyl (C=O) groups excluding carboxylic acids is 1. The Labute approximate surface area is 139 Å². The predicted molar refractivity (Wildman–Crippen MR) is 96.0 cm³/mol. The molecule has 4 heteroatoms. The van der Waals surface area contributed by atoms with E-state index in [1.165, 1.54) is 11.8 Å². The lowest BCUT2D eigenvalue weighted by Gasteiger charge is -2.12. The van der Waals surface area contributed by atoms with Crippen LogP contribution in [0, 0.1) is 0 Å². The molecule has 3 rings (SSSR count). The number of hydrogen-bond acceptors (Lipinski definition) is 3. The Morgan fingerprint density at radius 1 is 1.00 bits per heavy atom. The minimum atomic E-state index is -0.231. The van der Waals surface area contributed by atoms with Gasteiger partial charge in [0.15, 0.2) is 0 Å². The fraction of sp³-hybridized carbons (Fsp3) is 0.105. The van der Waals surface area contributed by atoms with Gasteiger partial charge < -0.3 is 10.4 Å². The highest BCUT2D eigenvalue weighted by Gasteiger charge is 2.14. The Balaban J connectivity index is 1.68. The summed E-state index contributed by atoms with van der Waals surface area (Å²) < 4.78 is 0. The molecule has 3 aromatic rings. The molecule has 0 aliphatic carbocycles. The molecule has 0 saturated heterocycles. The molecule has 23 heavy (non-hydrogen) atoms. The van der Waals surface area contributed by atoms with Gasteiger partial charge in [-0.1, -0.05) is 30.3 Å². The molecule has 2 N–H and O–H groups in total. The van der Waals surface area contributed by atoms with Gasteiger partial charge in [-0.25, -0.2) is 0 Å². The maximum atomic E-state index is 12.3. The van der Waals surface area contributed by atoms with Crippen LogP contribution in [0.2, 0.25) is 0 Å². The van der Waals surface area contributed by atoms with Crippen molar-refractivity contribution in [2.45, 2.75) is 17.1 Å². The number of benzene rings is 3. The number of nitrogens with one attached hydrogen (secondary N) is 1. The Bertz CT molecular complexity index is 830. The molecule has 0 radical (unpaired) electrons. The minimum absolute atomic E-state index is 0.0432. The monoisotopic (exact) mass is 323 g/mol. The summed E-state index contributed by atoms with van der Waals surface area (Å²) in [6, 6.07) is 20.8. The van der Waals surface area contributed by atoms with Gasteiger partial charge in [-0.2, -0.15) is 0 Å². The summed E-state index contributed by atoms with van der Waals surface area (Å²) in [5.41, 5.74) is 0.798. The molecule has 1 unspecified atom stereocenters. The number of hydrogen-bond donors (Lipinski definition) is 2. The molecule has 0 bridgehead atoms. The first-order valence-electron chi connectivity index (χ1n) is 7.37. The first-order valence-corrected chi connectivity index (χ1v) is 8.25. The predicted octanol–water partition coefficient (Wildman–Crippen LogP) is 4.66. The Hall–Kier alpha value is -2.46. The lowest BCUT2D eigenvalue weighted by molar-refractivity contribution is -0.115. The minimum Gasteiger partial charge on any atom is -0.508 e. The van der Waals surface area contributed by atoms with E-state index in [4.69, 9.17) is 0 Å². The second-order valence-electron chi connectivity index (χ2n) is 5.31. The molecule has 3 nitrogen and oxygen atoms in total. The second kappa shape index (κ2) is 6.75. The number of phenolic OH excluding ortho intramolecular Hbond substituents is 1. The van der Waals surface area contributed by atoms with Gasteiger partial charge in [-0.3, -0.25) is 4.79 Å². The van der Waals surface area contributed by atoms with Crippen LogP contribution in [-0.4, -0.2) is 16.3 Å². The number of amides is 1. The standard InChI is InChI=1S/C19H17NO2S/c1-13(23-18-10-8-17(21)9-11-18)19(22)20-16-7-6-14-4-2-3-5-15(14)12-16/h2-13,21H,1H3,(H,20,22). The summed E-state index contributed by atoms with van der Waals surface area (Å²) in [6.07, 6.45) is 0. The maximum absolute atomic E-state index is 12.3. The van der Waals surface area contributed by atoms with Crippen LogP contribution in [0.1, 0.15) is 6.92 Å². The average Bonchev–Trinajstić information content (AvgIpc) is 2.56. The van der Waals surface area contributed by atoms with Crippen molar-refractivity contribution in [1.29, 1.82) is 0 Å². The lowest BCUT2D eigenvalue weighted by atomic mass is 10.1. The van der Waals surface area contributed by atoms with Gasteiger partial charge in [-0.05, 0) is 54.1 Å². The Morgan fingerprint density at radius 2 is 1.70 bits per heavy atom. The average molecular weight is 323 g/mol. The Morgan fingerprint density at radius 3 is 2.43 bits per heavy atom. The first-order chi connectivity index (χ1) is 11.1. The summed E-state index contributed by atoms with van der Waals surface area (Å²) in [4.78, 5) is 13.3. The molecular formula is C19H17NO2S. The molecule has 0 spiro atoms. The zero-order chi connectivity index (χ0) is 16.2. The van der Waals surface area contributed by atoms with Gasteiger partial charge in [0.25, 0.3) is 0 Å². The molecule has 0 fully saturated rings. The van der Waals surface area contributed by atoms with Crippen LogP contribution in [0.4, 0.5) is 5.69 Å². The van der Waals surface area contributed by atoms with Gasteiger partial charge >= 0.3 is 0 Å². The molecule has 1 atom stereocenters. The van der Waals surface area contributed by atoms with Gasteiger partial charge in [0.05, 0.1) is 5.25 Å².